The number of rotatable bonds is 4. The monoisotopic (exact) mass is 349 g/mol. The van der Waals surface area contributed by atoms with Crippen molar-refractivity contribution in [2.45, 2.75) is 44.9 Å². The summed E-state index contributed by atoms with van der Waals surface area (Å²) in [7, 11) is 0. The summed E-state index contributed by atoms with van der Waals surface area (Å²) in [6, 6.07) is 7.50. The highest BCUT2D eigenvalue weighted by Gasteiger charge is 2.28. The van der Waals surface area contributed by atoms with Crippen molar-refractivity contribution < 1.29 is 9.53 Å². The number of nitrogens with zero attached hydrogens (tertiary/aromatic N) is 5. The second-order valence-electron chi connectivity index (χ2n) is 5.92. The Morgan fingerprint density at radius 2 is 2.25 bits per heavy atom. The van der Waals surface area contributed by atoms with Crippen LogP contribution >= 0.6 is 11.6 Å². The van der Waals surface area contributed by atoms with Gasteiger partial charge in [0, 0.05) is 23.2 Å². The fourth-order valence-electron chi connectivity index (χ4n) is 2.91. The Morgan fingerprint density at radius 3 is 2.96 bits per heavy atom. The van der Waals surface area contributed by atoms with Crippen LogP contribution in [0.25, 0.3) is 0 Å². The first-order valence-electron chi connectivity index (χ1n) is 8.07. The van der Waals surface area contributed by atoms with Gasteiger partial charge in [-0.25, -0.2) is 4.79 Å². The van der Waals surface area contributed by atoms with Crippen molar-refractivity contribution in [2.75, 3.05) is 6.54 Å². The number of hydrogen-bond acceptors (Lipinski definition) is 5. The first-order valence-corrected chi connectivity index (χ1v) is 8.45. The minimum Gasteiger partial charge on any atom is -0.439 e. The Balaban J connectivity index is 1.79. The molecule has 1 fully saturated rings. The number of likely N-dealkylation sites (tertiary alicyclic amines) is 1. The molecule has 8 heteroatoms. The molecule has 1 aromatic heterocycles. The summed E-state index contributed by atoms with van der Waals surface area (Å²) in [4.78, 5) is 15.8. The fourth-order valence-corrected chi connectivity index (χ4v) is 3.17. The number of piperidine rings is 1. The van der Waals surface area contributed by atoms with E-state index < -0.39 is 6.10 Å². The first-order chi connectivity index (χ1) is 11.6. The van der Waals surface area contributed by atoms with E-state index in [0.29, 0.717) is 5.02 Å². The average Bonchev–Trinajstić information content (AvgIpc) is 3.08. The zero-order valence-corrected chi connectivity index (χ0v) is 14.3. The molecule has 1 aliphatic rings. The van der Waals surface area contributed by atoms with E-state index in [9.17, 15) is 4.79 Å². The van der Waals surface area contributed by atoms with Crippen LogP contribution in [0.2, 0.25) is 5.02 Å². The van der Waals surface area contributed by atoms with E-state index in [1.807, 2.05) is 25.1 Å². The molecule has 7 nitrogen and oxygen atoms in total. The maximum atomic E-state index is 12.6. The Kier molecular flexibility index (Phi) is 5.30. The van der Waals surface area contributed by atoms with E-state index in [1.165, 1.54) is 11.1 Å². The molecule has 0 bridgehead atoms. The molecule has 2 aromatic rings. The summed E-state index contributed by atoms with van der Waals surface area (Å²) >= 11 is 6.29. The zero-order chi connectivity index (χ0) is 16.9. The van der Waals surface area contributed by atoms with E-state index in [0.717, 1.165) is 31.4 Å². The van der Waals surface area contributed by atoms with Gasteiger partial charge in [0.1, 0.15) is 6.54 Å². The number of carbonyl (C=O) groups excluding carboxylic acids is 1. The van der Waals surface area contributed by atoms with Crippen molar-refractivity contribution in [3.05, 3.63) is 41.2 Å². The Morgan fingerprint density at radius 1 is 1.42 bits per heavy atom. The number of carbonyl (C=O) groups is 1. The fraction of sp³-hybridized carbons (Fsp3) is 0.500. The summed E-state index contributed by atoms with van der Waals surface area (Å²) in [5.74, 6) is 0. The highest BCUT2D eigenvalue weighted by molar-refractivity contribution is 6.31. The molecule has 3 rings (SSSR count). The van der Waals surface area contributed by atoms with Crippen molar-refractivity contribution >= 4 is 17.7 Å². The van der Waals surface area contributed by atoms with Crippen LogP contribution in [0.15, 0.2) is 30.6 Å². The SMILES string of the molecule is CC1CCCCN1C(=O)OC(Cn1ncnn1)c1ccccc1Cl. The lowest BCUT2D eigenvalue weighted by Crippen LogP contribution is -2.43. The molecule has 128 valence electrons. The minimum atomic E-state index is -0.575. The van der Waals surface area contributed by atoms with Gasteiger partial charge < -0.3 is 9.64 Å². The topological polar surface area (TPSA) is 73.1 Å². The van der Waals surface area contributed by atoms with Crippen LogP contribution in [-0.2, 0) is 11.3 Å². The lowest BCUT2D eigenvalue weighted by atomic mass is 10.0. The summed E-state index contributed by atoms with van der Waals surface area (Å²) in [5.41, 5.74) is 0.731. The summed E-state index contributed by atoms with van der Waals surface area (Å²) in [5, 5.41) is 12.1. The largest absolute Gasteiger partial charge is 0.439 e. The van der Waals surface area contributed by atoms with Crippen molar-refractivity contribution in [3.8, 4) is 0 Å². The maximum Gasteiger partial charge on any atom is 0.410 e. The molecule has 0 N–H and O–H groups in total. The quantitative estimate of drug-likeness (QED) is 0.848. The van der Waals surface area contributed by atoms with Gasteiger partial charge in [0.2, 0.25) is 0 Å². The van der Waals surface area contributed by atoms with Crippen LogP contribution in [0, 0.1) is 0 Å². The van der Waals surface area contributed by atoms with Gasteiger partial charge in [-0.15, -0.1) is 10.2 Å². The Hall–Kier alpha value is -2.15. The molecule has 0 aliphatic carbocycles. The van der Waals surface area contributed by atoms with E-state index in [4.69, 9.17) is 16.3 Å². The second kappa shape index (κ2) is 7.61. The van der Waals surface area contributed by atoms with Crippen LogP contribution in [0.4, 0.5) is 4.79 Å². The van der Waals surface area contributed by atoms with Crippen LogP contribution in [0.1, 0.15) is 37.9 Å². The smallest absolute Gasteiger partial charge is 0.410 e. The van der Waals surface area contributed by atoms with Crippen LogP contribution < -0.4 is 0 Å². The summed E-state index contributed by atoms with van der Waals surface area (Å²) in [6.07, 6.45) is 3.58. The molecule has 1 aliphatic heterocycles. The predicted octanol–water partition coefficient (Wildman–Crippen LogP) is 3.08. The van der Waals surface area contributed by atoms with Crippen LogP contribution in [0.3, 0.4) is 0 Å². The van der Waals surface area contributed by atoms with E-state index in [2.05, 4.69) is 15.4 Å². The molecule has 2 unspecified atom stereocenters. The van der Waals surface area contributed by atoms with Crippen molar-refractivity contribution in [2.24, 2.45) is 0 Å². The van der Waals surface area contributed by atoms with Crippen LogP contribution in [-0.4, -0.2) is 43.8 Å². The van der Waals surface area contributed by atoms with Gasteiger partial charge in [-0.3, -0.25) is 0 Å². The van der Waals surface area contributed by atoms with Crippen LogP contribution in [0.5, 0.6) is 0 Å². The maximum absolute atomic E-state index is 12.6. The summed E-state index contributed by atoms with van der Waals surface area (Å²) < 4.78 is 5.77. The van der Waals surface area contributed by atoms with Gasteiger partial charge >= 0.3 is 6.09 Å². The molecular weight excluding hydrogens is 330 g/mol. The Labute approximate surface area is 145 Å². The molecule has 1 aromatic carbocycles. The Bertz CT molecular complexity index is 679. The molecule has 1 amide bonds. The molecule has 0 radical (unpaired) electrons. The lowest BCUT2D eigenvalue weighted by molar-refractivity contribution is 0.0345. The molecule has 0 saturated carbocycles. The average molecular weight is 350 g/mol. The first kappa shape index (κ1) is 16.7. The highest BCUT2D eigenvalue weighted by Crippen LogP contribution is 2.28. The number of benzene rings is 1. The molecule has 2 heterocycles. The van der Waals surface area contributed by atoms with Gasteiger partial charge in [0.05, 0.1) is 0 Å². The number of tetrazole rings is 1. The van der Waals surface area contributed by atoms with E-state index in [1.54, 1.807) is 11.0 Å². The molecule has 1 saturated heterocycles. The third-order valence-corrected chi connectivity index (χ3v) is 4.60. The summed E-state index contributed by atoms with van der Waals surface area (Å²) in [6.45, 7) is 3.03. The van der Waals surface area contributed by atoms with Gasteiger partial charge in [0.25, 0.3) is 0 Å². The second-order valence-corrected chi connectivity index (χ2v) is 6.33. The number of aromatic nitrogens is 4. The third-order valence-electron chi connectivity index (χ3n) is 4.25. The molecule has 24 heavy (non-hydrogen) atoms. The van der Waals surface area contributed by atoms with E-state index >= 15 is 0 Å². The van der Waals surface area contributed by atoms with E-state index in [-0.39, 0.29) is 18.7 Å². The molecular formula is C16H20ClN5O2. The lowest BCUT2D eigenvalue weighted by Gasteiger charge is -2.33. The minimum absolute atomic E-state index is 0.183. The number of ether oxygens (including phenoxy) is 1. The predicted molar refractivity (Wildman–Crippen MR) is 88.5 cm³/mol. The van der Waals surface area contributed by atoms with Gasteiger partial charge in [0.15, 0.2) is 12.4 Å². The third kappa shape index (κ3) is 3.84. The van der Waals surface area contributed by atoms with Gasteiger partial charge in [-0.2, -0.15) is 4.80 Å². The van der Waals surface area contributed by atoms with Crippen molar-refractivity contribution in [3.63, 3.8) is 0 Å². The normalized spacial score (nSPS) is 19.1. The highest BCUT2D eigenvalue weighted by atomic mass is 35.5. The molecule has 0 spiro atoms. The van der Waals surface area contributed by atoms with Gasteiger partial charge in [-0.05, 0) is 37.5 Å². The van der Waals surface area contributed by atoms with Gasteiger partial charge in [-0.1, -0.05) is 29.8 Å². The standard InChI is InChI=1S/C16H20ClN5O2/c1-12-6-4-5-9-21(12)16(23)24-15(10-22-19-11-18-20-22)13-7-2-3-8-14(13)17/h2-3,7-8,11-12,15H,4-6,9-10H2,1H3. The zero-order valence-electron chi connectivity index (χ0n) is 13.5. The number of halogens is 1. The van der Waals surface area contributed by atoms with Crippen molar-refractivity contribution in [1.29, 1.82) is 0 Å². The number of amides is 1. The van der Waals surface area contributed by atoms with Crippen molar-refractivity contribution in [1.82, 2.24) is 25.1 Å². The number of hydrogen-bond donors (Lipinski definition) is 0. The molecule has 2 atom stereocenters.